The predicted octanol–water partition coefficient (Wildman–Crippen LogP) is 3.58. The lowest BCUT2D eigenvalue weighted by atomic mass is 10.1. The Hall–Kier alpha value is -2.99. The summed E-state index contributed by atoms with van der Waals surface area (Å²) in [6.45, 7) is 7.00. The van der Waals surface area contributed by atoms with Crippen molar-refractivity contribution < 1.29 is 4.79 Å². The molecule has 0 bridgehead atoms. The summed E-state index contributed by atoms with van der Waals surface area (Å²) < 4.78 is 1.82. The largest absolute Gasteiger partial charge is 0.348 e. The number of likely N-dealkylation sites (N-methyl/N-ethyl adjacent to an activating group) is 1. The SMILES string of the molecule is CCN1CCC[C@H]1CNC(=O)c1nc(CCc2ccccc2)n(-c2cccc(C)c2)n1. The maximum Gasteiger partial charge on any atom is 0.291 e. The molecule has 1 aliphatic rings. The maximum absolute atomic E-state index is 12.9. The molecule has 0 spiro atoms. The van der Waals surface area contributed by atoms with Gasteiger partial charge in [-0.15, -0.1) is 5.10 Å². The number of hydrogen-bond acceptors (Lipinski definition) is 4. The van der Waals surface area contributed by atoms with Gasteiger partial charge in [0.15, 0.2) is 0 Å². The number of benzene rings is 2. The molecule has 0 aliphatic carbocycles. The first-order chi connectivity index (χ1) is 15.1. The van der Waals surface area contributed by atoms with Crippen LogP contribution in [0, 0.1) is 6.92 Å². The molecule has 6 nitrogen and oxygen atoms in total. The average molecular weight is 418 g/mol. The number of aryl methyl sites for hydroxylation is 3. The fourth-order valence-electron chi connectivity index (χ4n) is 4.30. The van der Waals surface area contributed by atoms with Gasteiger partial charge in [-0.1, -0.05) is 49.4 Å². The topological polar surface area (TPSA) is 63.1 Å². The van der Waals surface area contributed by atoms with E-state index in [1.807, 2.05) is 35.0 Å². The van der Waals surface area contributed by atoms with Gasteiger partial charge in [-0.25, -0.2) is 9.67 Å². The Morgan fingerprint density at radius 1 is 1.13 bits per heavy atom. The number of nitrogens with zero attached hydrogens (tertiary/aromatic N) is 4. The first-order valence-electron chi connectivity index (χ1n) is 11.2. The van der Waals surface area contributed by atoms with E-state index < -0.39 is 0 Å². The van der Waals surface area contributed by atoms with Crippen molar-refractivity contribution in [3.8, 4) is 5.69 Å². The van der Waals surface area contributed by atoms with Crippen molar-refractivity contribution in [1.82, 2.24) is 25.0 Å². The van der Waals surface area contributed by atoms with Crippen LogP contribution in [0.2, 0.25) is 0 Å². The van der Waals surface area contributed by atoms with Crippen LogP contribution < -0.4 is 5.32 Å². The average Bonchev–Trinajstić information content (AvgIpc) is 3.43. The van der Waals surface area contributed by atoms with Gasteiger partial charge >= 0.3 is 0 Å². The van der Waals surface area contributed by atoms with Gasteiger partial charge in [0.05, 0.1) is 5.69 Å². The predicted molar refractivity (Wildman–Crippen MR) is 123 cm³/mol. The fourth-order valence-corrected chi connectivity index (χ4v) is 4.30. The minimum absolute atomic E-state index is 0.199. The van der Waals surface area contributed by atoms with Crippen LogP contribution in [0.15, 0.2) is 54.6 Å². The molecule has 0 unspecified atom stereocenters. The molecule has 1 N–H and O–H groups in total. The van der Waals surface area contributed by atoms with E-state index in [9.17, 15) is 4.79 Å². The van der Waals surface area contributed by atoms with Gasteiger partial charge < -0.3 is 5.32 Å². The quantitative estimate of drug-likeness (QED) is 0.609. The van der Waals surface area contributed by atoms with E-state index in [4.69, 9.17) is 0 Å². The monoisotopic (exact) mass is 417 g/mol. The third-order valence-corrected chi connectivity index (χ3v) is 6.01. The van der Waals surface area contributed by atoms with E-state index in [0.717, 1.165) is 43.0 Å². The molecule has 1 saturated heterocycles. The lowest BCUT2D eigenvalue weighted by Crippen LogP contribution is -2.40. The smallest absolute Gasteiger partial charge is 0.291 e. The molecular formula is C25H31N5O. The van der Waals surface area contributed by atoms with Crippen LogP contribution in [0.4, 0.5) is 0 Å². The van der Waals surface area contributed by atoms with Gasteiger partial charge in [-0.05, 0) is 62.5 Å². The molecule has 31 heavy (non-hydrogen) atoms. The Kier molecular flexibility index (Phi) is 6.77. The molecule has 1 aromatic heterocycles. The molecule has 1 atom stereocenters. The zero-order valence-corrected chi connectivity index (χ0v) is 18.4. The van der Waals surface area contributed by atoms with Gasteiger partial charge in [0.2, 0.25) is 5.82 Å². The summed E-state index contributed by atoms with van der Waals surface area (Å²) in [7, 11) is 0. The van der Waals surface area contributed by atoms with E-state index in [1.165, 1.54) is 12.0 Å². The highest BCUT2D eigenvalue weighted by atomic mass is 16.2. The molecule has 2 heterocycles. The van der Waals surface area contributed by atoms with E-state index in [2.05, 4.69) is 58.4 Å². The van der Waals surface area contributed by atoms with Crippen LogP contribution in [0.25, 0.3) is 5.69 Å². The summed E-state index contributed by atoms with van der Waals surface area (Å²) in [5, 5.41) is 7.66. The van der Waals surface area contributed by atoms with E-state index in [-0.39, 0.29) is 11.7 Å². The lowest BCUT2D eigenvalue weighted by molar-refractivity contribution is 0.0931. The molecule has 6 heteroatoms. The van der Waals surface area contributed by atoms with Crippen molar-refractivity contribution in [1.29, 1.82) is 0 Å². The highest BCUT2D eigenvalue weighted by Crippen LogP contribution is 2.17. The molecule has 1 aliphatic heterocycles. The van der Waals surface area contributed by atoms with Crippen molar-refractivity contribution in [3.63, 3.8) is 0 Å². The highest BCUT2D eigenvalue weighted by molar-refractivity contribution is 5.90. The first kappa shape index (κ1) is 21.2. The number of aromatic nitrogens is 3. The maximum atomic E-state index is 12.9. The zero-order chi connectivity index (χ0) is 21.6. The molecule has 4 rings (SSSR count). The van der Waals surface area contributed by atoms with Gasteiger partial charge in [-0.2, -0.15) is 0 Å². The molecule has 2 aromatic carbocycles. The normalized spacial score (nSPS) is 16.5. The fraction of sp³-hybridized carbons (Fsp3) is 0.400. The van der Waals surface area contributed by atoms with Crippen molar-refractivity contribution in [2.45, 2.75) is 45.6 Å². The number of carbonyl (C=O) groups is 1. The summed E-state index contributed by atoms with van der Waals surface area (Å²) in [5.74, 6) is 0.844. The number of hydrogen-bond donors (Lipinski definition) is 1. The molecule has 1 fully saturated rings. The van der Waals surface area contributed by atoms with E-state index in [1.54, 1.807) is 0 Å². The van der Waals surface area contributed by atoms with Crippen molar-refractivity contribution in [3.05, 3.63) is 77.4 Å². The number of amides is 1. The Morgan fingerprint density at radius 2 is 1.97 bits per heavy atom. The Morgan fingerprint density at radius 3 is 2.74 bits per heavy atom. The number of likely N-dealkylation sites (tertiary alicyclic amines) is 1. The van der Waals surface area contributed by atoms with Gasteiger partial charge in [0, 0.05) is 19.0 Å². The molecule has 1 amide bonds. The van der Waals surface area contributed by atoms with Crippen LogP contribution in [0.1, 0.15) is 47.3 Å². The third kappa shape index (κ3) is 5.20. The molecule has 162 valence electrons. The third-order valence-electron chi connectivity index (χ3n) is 6.01. The number of carbonyl (C=O) groups excluding carboxylic acids is 1. The molecule has 3 aromatic rings. The van der Waals surface area contributed by atoms with Crippen molar-refractivity contribution in [2.75, 3.05) is 19.6 Å². The molecule has 0 radical (unpaired) electrons. The second-order valence-electron chi connectivity index (χ2n) is 8.22. The van der Waals surface area contributed by atoms with E-state index >= 15 is 0 Å². The van der Waals surface area contributed by atoms with Crippen LogP contribution in [-0.2, 0) is 12.8 Å². The lowest BCUT2D eigenvalue weighted by Gasteiger charge is -2.22. The summed E-state index contributed by atoms with van der Waals surface area (Å²) in [6, 6.07) is 18.9. The standard InChI is InChI=1S/C25H31N5O/c1-3-29-16-8-13-22(29)18-26-25(31)24-27-23(15-14-20-10-5-4-6-11-20)30(28-24)21-12-7-9-19(2)17-21/h4-7,9-12,17,22H,3,8,13-16,18H2,1-2H3,(H,26,31)/t22-/m0/s1. The number of rotatable bonds is 8. The van der Waals surface area contributed by atoms with Gasteiger partial charge in [0.1, 0.15) is 5.82 Å². The van der Waals surface area contributed by atoms with Crippen molar-refractivity contribution in [2.24, 2.45) is 0 Å². The molecular weight excluding hydrogens is 386 g/mol. The minimum atomic E-state index is -0.199. The van der Waals surface area contributed by atoms with Crippen LogP contribution in [0.5, 0.6) is 0 Å². The summed E-state index contributed by atoms with van der Waals surface area (Å²) in [5.41, 5.74) is 3.32. The van der Waals surface area contributed by atoms with Crippen LogP contribution in [0.3, 0.4) is 0 Å². The molecule has 0 saturated carbocycles. The van der Waals surface area contributed by atoms with Crippen LogP contribution in [-0.4, -0.2) is 51.2 Å². The number of nitrogens with one attached hydrogen (secondary N) is 1. The van der Waals surface area contributed by atoms with Crippen molar-refractivity contribution >= 4 is 5.91 Å². The Labute approximate surface area is 184 Å². The second-order valence-corrected chi connectivity index (χ2v) is 8.22. The summed E-state index contributed by atoms with van der Waals surface area (Å²) in [4.78, 5) is 19.9. The minimum Gasteiger partial charge on any atom is -0.348 e. The highest BCUT2D eigenvalue weighted by Gasteiger charge is 2.24. The first-order valence-corrected chi connectivity index (χ1v) is 11.2. The Bertz CT molecular complexity index is 1010. The Balaban J connectivity index is 1.52. The second kappa shape index (κ2) is 9.88. The summed E-state index contributed by atoms with van der Waals surface area (Å²) in [6.07, 6.45) is 3.88. The van der Waals surface area contributed by atoms with Gasteiger partial charge in [0.25, 0.3) is 5.91 Å². The summed E-state index contributed by atoms with van der Waals surface area (Å²) >= 11 is 0. The van der Waals surface area contributed by atoms with Crippen LogP contribution >= 0.6 is 0 Å². The van der Waals surface area contributed by atoms with Gasteiger partial charge in [-0.3, -0.25) is 9.69 Å². The zero-order valence-electron chi connectivity index (χ0n) is 18.4. The van der Waals surface area contributed by atoms with E-state index in [0.29, 0.717) is 19.0 Å².